The molecule has 1 aromatic carbocycles. The molecule has 0 aliphatic heterocycles. The highest BCUT2D eigenvalue weighted by atomic mass is 35.6. The third-order valence-corrected chi connectivity index (χ3v) is 4.80. The van der Waals surface area contributed by atoms with Gasteiger partial charge in [0.05, 0.1) is 4.90 Å². The van der Waals surface area contributed by atoms with E-state index in [2.05, 4.69) is 16.0 Å². The van der Waals surface area contributed by atoms with Gasteiger partial charge in [0, 0.05) is 11.1 Å². The normalized spacial score (nSPS) is 13.7. The van der Waals surface area contributed by atoms with Gasteiger partial charge in [-0.25, -0.2) is 13.6 Å². The van der Waals surface area contributed by atoms with E-state index in [1.54, 1.807) is 20.8 Å². The molecule has 26 heavy (non-hydrogen) atoms. The lowest BCUT2D eigenvalue weighted by molar-refractivity contribution is -0.129. The maximum atomic E-state index is 12.1. The molecule has 5 N–H and O–H groups in total. The number of carbonyl (C=O) groups is 1. The van der Waals surface area contributed by atoms with Crippen LogP contribution in [0, 0.1) is 5.41 Å². The van der Waals surface area contributed by atoms with Gasteiger partial charge in [0.1, 0.15) is 6.17 Å². The molecular weight excluding hydrogens is 443 g/mol. The van der Waals surface area contributed by atoms with Crippen molar-refractivity contribution in [3.63, 3.8) is 0 Å². The number of alkyl halides is 3. The number of nitrogens with one attached hydrogen (secondary N) is 3. The molecule has 12 heteroatoms. The molecule has 7 nitrogen and oxygen atoms in total. The number of hydrogen-bond acceptors (Lipinski definition) is 4. The van der Waals surface area contributed by atoms with E-state index in [-0.39, 0.29) is 15.9 Å². The van der Waals surface area contributed by atoms with Crippen molar-refractivity contribution in [2.75, 3.05) is 5.32 Å². The Morgan fingerprint density at radius 2 is 1.62 bits per heavy atom. The van der Waals surface area contributed by atoms with E-state index in [0.29, 0.717) is 5.69 Å². The van der Waals surface area contributed by atoms with Gasteiger partial charge in [0.25, 0.3) is 0 Å². The molecule has 0 aromatic heterocycles. The van der Waals surface area contributed by atoms with Gasteiger partial charge in [-0.2, -0.15) is 0 Å². The number of amides is 1. The Hall–Kier alpha value is -0.840. The van der Waals surface area contributed by atoms with Gasteiger partial charge >= 0.3 is 0 Å². The lowest BCUT2D eigenvalue weighted by Gasteiger charge is -2.30. The van der Waals surface area contributed by atoms with Crippen LogP contribution in [0.15, 0.2) is 29.2 Å². The number of anilines is 1. The largest absolute Gasteiger partial charge is 0.339 e. The highest BCUT2D eigenvalue weighted by Crippen LogP contribution is 2.30. The smallest absolute Gasteiger partial charge is 0.238 e. The Labute approximate surface area is 173 Å². The number of rotatable bonds is 4. The first-order valence-electron chi connectivity index (χ1n) is 7.19. The summed E-state index contributed by atoms with van der Waals surface area (Å²) in [5.41, 5.74) is -0.228. The summed E-state index contributed by atoms with van der Waals surface area (Å²) in [5, 5.41) is 13.2. The number of hydrogen-bond donors (Lipinski definition) is 4. The lowest BCUT2D eigenvalue weighted by atomic mass is 9.95. The fourth-order valence-corrected chi connectivity index (χ4v) is 2.65. The summed E-state index contributed by atoms with van der Waals surface area (Å²) in [5.74, 6) is -0.346. The highest BCUT2D eigenvalue weighted by molar-refractivity contribution is 7.89. The molecule has 0 saturated carbocycles. The topological polar surface area (TPSA) is 113 Å². The quantitative estimate of drug-likeness (QED) is 0.311. The maximum Gasteiger partial charge on any atom is 0.238 e. The molecule has 1 atom stereocenters. The molecule has 1 rings (SSSR count). The molecule has 1 aromatic rings. The first-order valence-corrected chi connectivity index (χ1v) is 10.3. The van der Waals surface area contributed by atoms with Gasteiger partial charge in [0.2, 0.25) is 19.7 Å². The molecule has 0 aliphatic carbocycles. The van der Waals surface area contributed by atoms with E-state index in [9.17, 15) is 13.2 Å². The Bertz CT molecular complexity index is 772. The number of sulfonamides is 1. The van der Waals surface area contributed by atoms with Crippen molar-refractivity contribution < 1.29 is 13.2 Å². The van der Waals surface area contributed by atoms with Crippen molar-refractivity contribution in [2.24, 2.45) is 10.6 Å². The van der Waals surface area contributed by atoms with Crippen LogP contribution in [0.5, 0.6) is 0 Å². The Morgan fingerprint density at radius 3 is 2.00 bits per heavy atom. The van der Waals surface area contributed by atoms with Gasteiger partial charge in [0.15, 0.2) is 5.11 Å². The van der Waals surface area contributed by atoms with Crippen LogP contribution in [-0.4, -0.2) is 29.4 Å². The number of benzene rings is 1. The van der Waals surface area contributed by atoms with E-state index in [1.165, 1.54) is 24.3 Å². The number of halogens is 3. The zero-order chi connectivity index (χ0) is 20.3. The van der Waals surface area contributed by atoms with Crippen molar-refractivity contribution in [1.29, 1.82) is 0 Å². The van der Waals surface area contributed by atoms with Crippen LogP contribution in [-0.2, 0) is 14.8 Å². The standard InChI is InChI=1S/C14H19Cl3N4O3S2/c1-13(2,3)11(22)20-10(14(15,16)17)21-12(25)19-8-4-6-9(7-5-8)26(18,23)24/h4-7,10H,1-3H3,(H,20,22)(H2,18,23,24)(H2,19,21,25)/t10-/m1/s1. The number of primary sulfonamides is 1. The zero-order valence-electron chi connectivity index (χ0n) is 14.1. The van der Waals surface area contributed by atoms with E-state index in [4.69, 9.17) is 52.2 Å². The predicted octanol–water partition coefficient (Wildman–Crippen LogP) is 2.48. The molecule has 0 unspecified atom stereocenters. The van der Waals surface area contributed by atoms with Gasteiger partial charge in [-0.3, -0.25) is 4.79 Å². The summed E-state index contributed by atoms with van der Waals surface area (Å²) in [7, 11) is -3.79. The molecule has 146 valence electrons. The highest BCUT2D eigenvalue weighted by Gasteiger charge is 2.36. The summed E-state index contributed by atoms with van der Waals surface area (Å²) in [6.07, 6.45) is -1.09. The SMILES string of the molecule is CC(C)(C)C(=O)N[C@H](NC(=S)Nc1ccc(S(N)(=O)=O)cc1)C(Cl)(Cl)Cl. The van der Waals surface area contributed by atoms with Gasteiger partial charge in [-0.1, -0.05) is 55.6 Å². The lowest BCUT2D eigenvalue weighted by Crippen LogP contribution is -2.58. The van der Waals surface area contributed by atoms with Crippen LogP contribution in [0.4, 0.5) is 5.69 Å². The summed E-state index contributed by atoms with van der Waals surface area (Å²) in [6, 6.07) is 5.56. The molecule has 0 radical (unpaired) electrons. The minimum absolute atomic E-state index is 0.0430. The van der Waals surface area contributed by atoms with Gasteiger partial charge < -0.3 is 16.0 Å². The molecule has 1 amide bonds. The van der Waals surface area contributed by atoms with Crippen LogP contribution >= 0.6 is 47.0 Å². The van der Waals surface area contributed by atoms with Crippen molar-refractivity contribution in [3.05, 3.63) is 24.3 Å². The minimum Gasteiger partial charge on any atom is -0.339 e. The summed E-state index contributed by atoms with van der Waals surface area (Å²) < 4.78 is 20.6. The van der Waals surface area contributed by atoms with Gasteiger partial charge in [-0.15, -0.1) is 0 Å². The van der Waals surface area contributed by atoms with Crippen LogP contribution in [0.3, 0.4) is 0 Å². The fourth-order valence-electron chi connectivity index (χ4n) is 1.57. The average molecular weight is 462 g/mol. The Morgan fingerprint density at radius 1 is 1.12 bits per heavy atom. The number of nitrogens with two attached hydrogens (primary N) is 1. The molecule has 0 saturated heterocycles. The molecule has 0 heterocycles. The first-order chi connectivity index (χ1) is 11.6. The summed E-state index contributed by atoms with van der Waals surface area (Å²) in [6.45, 7) is 5.13. The second-order valence-electron chi connectivity index (χ2n) is 6.37. The van der Waals surface area contributed by atoms with Crippen LogP contribution in [0.1, 0.15) is 20.8 Å². The zero-order valence-corrected chi connectivity index (χ0v) is 18.0. The van der Waals surface area contributed by atoms with Crippen molar-refractivity contribution in [2.45, 2.75) is 35.6 Å². The average Bonchev–Trinajstić information content (AvgIpc) is 2.44. The van der Waals surface area contributed by atoms with Crippen LogP contribution in [0.25, 0.3) is 0 Å². The van der Waals surface area contributed by atoms with E-state index in [0.717, 1.165) is 0 Å². The molecule has 0 bridgehead atoms. The van der Waals surface area contributed by atoms with Crippen LogP contribution < -0.4 is 21.1 Å². The third-order valence-electron chi connectivity index (χ3n) is 3.00. The second-order valence-corrected chi connectivity index (χ2v) is 10.7. The Balaban J connectivity index is 2.83. The number of thiocarbonyl (C=S) groups is 1. The van der Waals surface area contributed by atoms with Crippen molar-refractivity contribution in [1.82, 2.24) is 10.6 Å². The first kappa shape index (κ1) is 23.2. The molecular formula is C14H19Cl3N4O3S2. The monoisotopic (exact) mass is 460 g/mol. The van der Waals surface area contributed by atoms with Crippen molar-refractivity contribution >= 4 is 73.8 Å². The van der Waals surface area contributed by atoms with Gasteiger partial charge in [-0.05, 0) is 36.5 Å². The Kier molecular flexibility index (Phi) is 7.54. The predicted molar refractivity (Wildman–Crippen MR) is 109 cm³/mol. The third kappa shape index (κ3) is 7.42. The fraction of sp³-hybridized carbons (Fsp3) is 0.429. The molecule has 0 spiro atoms. The molecule has 0 fully saturated rings. The summed E-state index contributed by atoms with van der Waals surface area (Å²) >= 11 is 22.8. The summed E-state index contributed by atoms with van der Waals surface area (Å²) in [4.78, 5) is 12.1. The second kappa shape index (κ2) is 8.45. The minimum atomic E-state index is -3.79. The van der Waals surface area contributed by atoms with Crippen molar-refractivity contribution in [3.8, 4) is 0 Å². The van der Waals surface area contributed by atoms with Crippen LogP contribution in [0.2, 0.25) is 0 Å². The molecule has 0 aliphatic rings. The van der Waals surface area contributed by atoms with E-state index in [1.807, 2.05) is 0 Å². The maximum absolute atomic E-state index is 12.1. The number of carbonyl (C=O) groups excluding carboxylic acids is 1. The van der Waals surface area contributed by atoms with E-state index < -0.39 is 25.4 Å². The van der Waals surface area contributed by atoms with E-state index >= 15 is 0 Å².